The summed E-state index contributed by atoms with van der Waals surface area (Å²) in [5.41, 5.74) is -0.197. The first kappa shape index (κ1) is 21.9. The molecule has 3 rings (SSSR count). The molecule has 0 bridgehead atoms. The van der Waals surface area contributed by atoms with Gasteiger partial charge in [0.15, 0.2) is 15.5 Å². The molecule has 0 atom stereocenters. The molecule has 0 spiro atoms. The summed E-state index contributed by atoms with van der Waals surface area (Å²) in [6.07, 6.45) is -0.724. The normalized spacial score (nSPS) is 12.2. The van der Waals surface area contributed by atoms with E-state index in [1.807, 2.05) is 6.92 Å². The molecule has 3 aromatic rings. The van der Waals surface area contributed by atoms with Crippen molar-refractivity contribution in [1.29, 1.82) is 0 Å². The van der Waals surface area contributed by atoms with Gasteiger partial charge in [0.25, 0.3) is 0 Å². The Morgan fingerprint density at radius 1 is 1.03 bits per heavy atom. The fourth-order valence-corrected chi connectivity index (χ4v) is 3.44. The van der Waals surface area contributed by atoms with E-state index < -0.39 is 21.7 Å². The number of hydrogen-bond acceptors (Lipinski definition) is 4. The first-order chi connectivity index (χ1) is 14.1. The maximum absolute atomic E-state index is 13.3. The number of rotatable bonds is 7. The van der Waals surface area contributed by atoms with Crippen molar-refractivity contribution in [3.8, 4) is 22.8 Å². The largest absolute Gasteiger partial charge is 0.494 e. The molecule has 160 valence electrons. The second-order valence-electron chi connectivity index (χ2n) is 6.81. The number of benzene rings is 2. The Labute approximate surface area is 173 Å². The van der Waals surface area contributed by atoms with Crippen LogP contribution in [0.3, 0.4) is 0 Å². The Balaban J connectivity index is 2.01. The summed E-state index contributed by atoms with van der Waals surface area (Å²) in [4.78, 5) is 3.84. The van der Waals surface area contributed by atoms with Gasteiger partial charge in [-0.25, -0.2) is 13.4 Å². The van der Waals surface area contributed by atoms with Crippen LogP contribution in [0.1, 0.15) is 25.5 Å². The van der Waals surface area contributed by atoms with E-state index in [1.54, 1.807) is 24.3 Å². The van der Waals surface area contributed by atoms with Crippen LogP contribution in [0.4, 0.5) is 13.2 Å². The SMILES string of the molecule is CCCCOc1ccc(-n2cc(C(F)(F)F)nc2-c2ccc(S(C)(=O)=O)cc2)cc1. The molecule has 2 aromatic carbocycles. The van der Waals surface area contributed by atoms with Gasteiger partial charge < -0.3 is 4.74 Å². The lowest BCUT2D eigenvalue weighted by atomic mass is 10.2. The highest BCUT2D eigenvalue weighted by Crippen LogP contribution is 2.33. The molecule has 0 amide bonds. The summed E-state index contributed by atoms with van der Waals surface area (Å²) in [6, 6.07) is 12.3. The van der Waals surface area contributed by atoms with Gasteiger partial charge in [-0.05, 0) is 55.0 Å². The van der Waals surface area contributed by atoms with Crippen molar-refractivity contribution in [3.63, 3.8) is 0 Å². The number of unbranched alkanes of at least 4 members (excludes halogenated alkanes) is 1. The number of ether oxygens (including phenoxy) is 1. The summed E-state index contributed by atoms with van der Waals surface area (Å²) < 4.78 is 70.1. The lowest BCUT2D eigenvalue weighted by Gasteiger charge is -2.10. The smallest absolute Gasteiger partial charge is 0.434 e. The van der Waals surface area contributed by atoms with Gasteiger partial charge in [-0.3, -0.25) is 4.57 Å². The highest BCUT2D eigenvalue weighted by atomic mass is 32.2. The number of hydrogen-bond donors (Lipinski definition) is 0. The first-order valence-corrected chi connectivity index (χ1v) is 11.2. The van der Waals surface area contributed by atoms with E-state index in [4.69, 9.17) is 4.74 Å². The lowest BCUT2D eigenvalue weighted by molar-refractivity contribution is -0.140. The van der Waals surface area contributed by atoms with Crippen LogP contribution >= 0.6 is 0 Å². The molecule has 0 N–H and O–H groups in total. The van der Waals surface area contributed by atoms with Gasteiger partial charge in [0.05, 0.1) is 11.5 Å². The molecule has 0 aliphatic heterocycles. The topological polar surface area (TPSA) is 61.2 Å². The van der Waals surface area contributed by atoms with Crippen molar-refractivity contribution in [3.05, 3.63) is 60.4 Å². The van der Waals surface area contributed by atoms with Gasteiger partial charge in [-0.15, -0.1) is 0 Å². The summed E-state index contributed by atoms with van der Waals surface area (Å²) in [6.45, 7) is 2.62. The second-order valence-corrected chi connectivity index (χ2v) is 8.83. The highest BCUT2D eigenvalue weighted by molar-refractivity contribution is 7.90. The van der Waals surface area contributed by atoms with E-state index in [0.717, 1.165) is 25.3 Å². The third kappa shape index (κ3) is 5.02. The average molecular weight is 438 g/mol. The Morgan fingerprint density at radius 2 is 1.67 bits per heavy atom. The summed E-state index contributed by atoms with van der Waals surface area (Å²) in [5.74, 6) is 0.685. The average Bonchev–Trinajstić information content (AvgIpc) is 3.14. The van der Waals surface area contributed by atoms with E-state index in [0.29, 0.717) is 23.6 Å². The van der Waals surface area contributed by atoms with E-state index in [9.17, 15) is 21.6 Å². The number of imidazole rings is 1. The third-order valence-electron chi connectivity index (χ3n) is 4.42. The summed E-state index contributed by atoms with van der Waals surface area (Å²) in [5, 5.41) is 0. The molecule has 5 nitrogen and oxygen atoms in total. The predicted octanol–water partition coefficient (Wildman–Crippen LogP) is 5.14. The summed E-state index contributed by atoms with van der Waals surface area (Å²) >= 11 is 0. The van der Waals surface area contributed by atoms with Crippen LogP contribution in [0.25, 0.3) is 17.1 Å². The molecular weight excluding hydrogens is 417 g/mol. The van der Waals surface area contributed by atoms with Crippen molar-refractivity contribution < 1.29 is 26.3 Å². The minimum atomic E-state index is -4.62. The number of nitrogens with zero attached hydrogens (tertiary/aromatic N) is 2. The maximum Gasteiger partial charge on any atom is 0.434 e. The van der Waals surface area contributed by atoms with E-state index in [1.165, 1.54) is 28.8 Å². The highest BCUT2D eigenvalue weighted by Gasteiger charge is 2.35. The van der Waals surface area contributed by atoms with Crippen molar-refractivity contribution in [2.45, 2.75) is 30.8 Å². The van der Waals surface area contributed by atoms with Crippen LogP contribution in [0.2, 0.25) is 0 Å². The predicted molar refractivity (Wildman–Crippen MR) is 108 cm³/mol. The summed E-state index contributed by atoms with van der Waals surface area (Å²) in [7, 11) is -3.42. The molecule has 1 aromatic heterocycles. The zero-order chi connectivity index (χ0) is 21.9. The van der Waals surface area contributed by atoms with Crippen molar-refractivity contribution in [2.24, 2.45) is 0 Å². The van der Waals surface area contributed by atoms with Crippen LogP contribution in [-0.4, -0.2) is 30.8 Å². The second kappa shape index (κ2) is 8.51. The number of halogens is 3. The Kier molecular flexibility index (Phi) is 6.21. The third-order valence-corrected chi connectivity index (χ3v) is 5.55. The molecular formula is C21H21F3N2O3S. The molecule has 0 aliphatic rings. The molecule has 0 aliphatic carbocycles. The lowest BCUT2D eigenvalue weighted by Crippen LogP contribution is -2.05. The Hall–Kier alpha value is -2.81. The van der Waals surface area contributed by atoms with Crippen LogP contribution in [-0.2, 0) is 16.0 Å². The van der Waals surface area contributed by atoms with Crippen LogP contribution in [0, 0.1) is 0 Å². The fourth-order valence-electron chi connectivity index (χ4n) is 2.81. The molecule has 0 saturated heterocycles. The number of sulfone groups is 1. The van der Waals surface area contributed by atoms with E-state index in [2.05, 4.69) is 4.98 Å². The Bertz CT molecular complexity index is 1100. The molecule has 9 heteroatoms. The van der Waals surface area contributed by atoms with Crippen molar-refractivity contribution in [2.75, 3.05) is 12.9 Å². The molecule has 0 unspecified atom stereocenters. The first-order valence-electron chi connectivity index (χ1n) is 9.30. The zero-order valence-corrected chi connectivity index (χ0v) is 17.3. The van der Waals surface area contributed by atoms with Crippen molar-refractivity contribution >= 4 is 9.84 Å². The van der Waals surface area contributed by atoms with E-state index in [-0.39, 0.29) is 10.7 Å². The van der Waals surface area contributed by atoms with Gasteiger partial charge in [0.1, 0.15) is 11.6 Å². The van der Waals surface area contributed by atoms with Crippen LogP contribution in [0.5, 0.6) is 5.75 Å². The van der Waals surface area contributed by atoms with Crippen LogP contribution in [0.15, 0.2) is 59.6 Å². The fraction of sp³-hybridized carbons (Fsp3) is 0.286. The standard InChI is InChI=1S/C21H21F3N2O3S/c1-3-4-13-29-17-9-7-16(8-10-17)26-14-19(21(22,23)24)25-20(26)15-5-11-18(12-6-15)30(2,27)28/h5-12,14H,3-4,13H2,1-2H3. The molecule has 1 heterocycles. The number of aromatic nitrogens is 2. The van der Waals surface area contributed by atoms with Gasteiger partial charge in [-0.1, -0.05) is 13.3 Å². The van der Waals surface area contributed by atoms with Gasteiger partial charge in [0.2, 0.25) is 0 Å². The number of alkyl halides is 3. The molecule has 0 saturated carbocycles. The van der Waals surface area contributed by atoms with Gasteiger partial charge in [-0.2, -0.15) is 13.2 Å². The zero-order valence-electron chi connectivity index (χ0n) is 16.5. The van der Waals surface area contributed by atoms with Gasteiger partial charge >= 0.3 is 6.18 Å². The molecule has 30 heavy (non-hydrogen) atoms. The molecule has 0 radical (unpaired) electrons. The minimum Gasteiger partial charge on any atom is -0.494 e. The van der Waals surface area contributed by atoms with Crippen LogP contribution < -0.4 is 4.74 Å². The van der Waals surface area contributed by atoms with E-state index >= 15 is 0 Å². The maximum atomic E-state index is 13.3. The van der Waals surface area contributed by atoms with Gasteiger partial charge in [0, 0.05) is 23.7 Å². The Morgan fingerprint density at radius 3 is 2.20 bits per heavy atom. The van der Waals surface area contributed by atoms with Crippen molar-refractivity contribution in [1.82, 2.24) is 9.55 Å². The minimum absolute atomic E-state index is 0.0574. The monoisotopic (exact) mass is 438 g/mol. The quantitative estimate of drug-likeness (QED) is 0.479. The molecule has 0 fully saturated rings.